The Balaban J connectivity index is 1.60. The number of H-pyrrole nitrogens is 1. The van der Waals surface area contributed by atoms with Gasteiger partial charge in [0.05, 0.1) is 26.6 Å². The molecule has 0 saturated carbocycles. The van der Waals surface area contributed by atoms with Crippen LogP contribution >= 0.6 is 22.9 Å². The number of benzene rings is 1. The number of carbonyl (C=O) groups excluding carboxylic acids is 1. The fraction of sp³-hybridized carbons (Fsp3) is 0. The van der Waals surface area contributed by atoms with Crippen LogP contribution in [0.5, 0.6) is 0 Å². The minimum Gasteiger partial charge on any atom is -0.355 e. The molecule has 0 unspecified atom stereocenters. The van der Waals surface area contributed by atoms with Crippen LogP contribution in [0.25, 0.3) is 21.5 Å². The highest BCUT2D eigenvalue weighted by atomic mass is 35.5. The molecule has 3 heterocycles. The molecule has 0 atom stereocenters. The van der Waals surface area contributed by atoms with Crippen molar-refractivity contribution in [3.8, 4) is 10.6 Å². The van der Waals surface area contributed by atoms with Crippen LogP contribution in [0.1, 0.15) is 10.5 Å². The minimum absolute atomic E-state index is 0.195. The SMILES string of the molecule is O=C(Nc1cccc2cn[nH]c12)c1cc(-c2ccc(Cl)s2)on1. The van der Waals surface area contributed by atoms with Crippen molar-refractivity contribution in [2.75, 3.05) is 5.32 Å². The van der Waals surface area contributed by atoms with Crippen molar-refractivity contribution in [1.82, 2.24) is 15.4 Å². The predicted molar refractivity (Wildman–Crippen MR) is 88.9 cm³/mol. The third-order valence-electron chi connectivity index (χ3n) is 3.28. The van der Waals surface area contributed by atoms with E-state index in [2.05, 4.69) is 20.7 Å². The number of hydrogen-bond donors (Lipinski definition) is 2. The maximum Gasteiger partial charge on any atom is 0.277 e. The molecule has 1 amide bonds. The molecule has 0 saturated heterocycles. The number of rotatable bonds is 3. The van der Waals surface area contributed by atoms with Crippen molar-refractivity contribution in [3.05, 3.63) is 52.6 Å². The van der Waals surface area contributed by atoms with E-state index in [0.717, 1.165) is 15.8 Å². The van der Waals surface area contributed by atoms with Crippen LogP contribution in [0, 0.1) is 0 Å². The first-order valence-corrected chi connectivity index (χ1v) is 7.86. The zero-order valence-electron chi connectivity index (χ0n) is 11.5. The largest absolute Gasteiger partial charge is 0.355 e. The topological polar surface area (TPSA) is 83.8 Å². The van der Waals surface area contributed by atoms with E-state index in [1.807, 2.05) is 18.2 Å². The first-order chi connectivity index (χ1) is 11.2. The second-order valence-corrected chi connectivity index (χ2v) is 6.49. The van der Waals surface area contributed by atoms with E-state index in [4.69, 9.17) is 16.1 Å². The number of nitrogens with one attached hydrogen (secondary N) is 2. The number of amides is 1. The summed E-state index contributed by atoms with van der Waals surface area (Å²) >= 11 is 7.26. The number of fused-ring (bicyclic) bond motifs is 1. The van der Waals surface area contributed by atoms with Crippen LogP contribution in [0.15, 0.2) is 47.1 Å². The highest BCUT2D eigenvalue weighted by molar-refractivity contribution is 7.19. The van der Waals surface area contributed by atoms with Crippen LogP contribution in [0.2, 0.25) is 4.34 Å². The lowest BCUT2D eigenvalue weighted by molar-refractivity contribution is 0.101. The Morgan fingerprint density at radius 1 is 1.30 bits per heavy atom. The lowest BCUT2D eigenvalue weighted by Gasteiger charge is -2.03. The summed E-state index contributed by atoms with van der Waals surface area (Å²) in [5.74, 6) is 0.150. The summed E-state index contributed by atoms with van der Waals surface area (Å²) < 4.78 is 5.86. The van der Waals surface area contributed by atoms with Gasteiger partial charge < -0.3 is 9.84 Å². The van der Waals surface area contributed by atoms with E-state index in [0.29, 0.717) is 15.8 Å². The van der Waals surface area contributed by atoms with Gasteiger partial charge >= 0.3 is 0 Å². The van der Waals surface area contributed by atoms with Crippen molar-refractivity contribution in [3.63, 3.8) is 0 Å². The molecule has 8 heteroatoms. The molecule has 114 valence electrons. The quantitative estimate of drug-likeness (QED) is 0.583. The van der Waals surface area contributed by atoms with E-state index in [9.17, 15) is 4.79 Å². The van der Waals surface area contributed by atoms with Crippen molar-refractivity contribution >= 4 is 45.4 Å². The van der Waals surface area contributed by atoms with E-state index < -0.39 is 0 Å². The first-order valence-electron chi connectivity index (χ1n) is 6.66. The first kappa shape index (κ1) is 14.0. The molecule has 0 radical (unpaired) electrons. The highest BCUT2D eigenvalue weighted by Crippen LogP contribution is 2.31. The Morgan fingerprint density at radius 3 is 3.04 bits per heavy atom. The van der Waals surface area contributed by atoms with Gasteiger partial charge in [0.15, 0.2) is 11.5 Å². The summed E-state index contributed by atoms with van der Waals surface area (Å²) in [6, 6.07) is 10.7. The summed E-state index contributed by atoms with van der Waals surface area (Å²) in [7, 11) is 0. The molecule has 1 aromatic carbocycles. The van der Waals surface area contributed by atoms with Crippen molar-refractivity contribution in [2.24, 2.45) is 0 Å². The van der Waals surface area contributed by atoms with E-state index in [1.165, 1.54) is 11.3 Å². The average Bonchev–Trinajstić information content (AvgIpc) is 3.27. The minimum atomic E-state index is -0.357. The number of thiophene rings is 1. The number of aromatic amines is 1. The van der Waals surface area contributed by atoms with Crippen molar-refractivity contribution in [1.29, 1.82) is 0 Å². The maximum atomic E-state index is 12.3. The van der Waals surface area contributed by atoms with Gasteiger partial charge in [0.2, 0.25) is 0 Å². The third kappa shape index (κ3) is 2.60. The van der Waals surface area contributed by atoms with E-state index in [-0.39, 0.29) is 11.6 Å². The molecule has 0 aliphatic heterocycles. The molecular formula is C15H9ClN4O2S. The maximum absolute atomic E-state index is 12.3. The van der Waals surface area contributed by atoms with Crippen LogP contribution in [0.3, 0.4) is 0 Å². The second kappa shape index (κ2) is 5.53. The third-order valence-corrected chi connectivity index (χ3v) is 4.53. The number of nitrogens with zero attached hydrogens (tertiary/aromatic N) is 2. The van der Waals surface area contributed by atoms with Crippen molar-refractivity contribution in [2.45, 2.75) is 0 Å². The smallest absolute Gasteiger partial charge is 0.277 e. The van der Waals surface area contributed by atoms with Crippen LogP contribution < -0.4 is 5.32 Å². The van der Waals surface area contributed by atoms with Crippen molar-refractivity contribution < 1.29 is 9.32 Å². The fourth-order valence-corrected chi connectivity index (χ4v) is 3.20. The van der Waals surface area contributed by atoms with Gasteiger partial charge in [-0.25, -0.2) is 0 Å². The molecule has 6 nitrogen and oxygen atoms in total. The predicted octanol–water partition coefficient (Wildman–Crippen LogP) is 4.19. The lowest BCUT2D eigenvalue weighted by Crippen LogP contribution is -2.12. The molecule has 3 aromatic heterocycles. The summed E-state index contributed by atoms with van der Waals surface area (Å²) in [6.07, 6.45) is 1.69. The summed E-state index contributed by atoms with van der Waals surface area (Å²) in [4.78, 5) is 13.2. The van der Waals surface area contributed by atoms with Crippen LogP contribution in [-0.4, -0.2) is 21.3 Å². The normalized spacial score (nSPS) is 11.0. The number of hydrogen-bond acceptors (Lipinski definition) is 5. The van der Waals surface area contributed by atoms with Gasteiger partial charge in [0.1, 0.15) is 0 Å². The van der Waals surface area contributed by atoms with Gasteiger partial charge in [-0.3, -0.25) is 9.89 Å². The Morgan fingerprint density at radius 2 is 2.22 bits per heavy atom. The number of para-hydroxylation sites is 1. The summed E-state index contributed by atoms with van der Waals surface area (Å²) in [5, 5.41) is 14.4. The zero-order valence-corrected chi connectivity index (χ0v) is 13.1. The number of anilines is 1. The monoisotopic (exact) mass is 344 g/mol. The van der Waals surface area contributed by atoms with Gasteiger partial charge in [-0.2, -0.15) is 5.10 Å². The summed E-state index contributed by atoms with van der Waals surface area (Å²) in [5.41, 5.74) is 1.59. The standard InChI is InChI=1S/C15H9ClN4O2S/c16-13-5-4-12(23-13)11-6-10(20-22-11)15(21)18-9-3-1-2-8-7-17-19-14(8)9/h1-7H,(H,17,19)(H,18,21). The molecule has 0 bridgehead atoms. The molecule has 2 N–H and O–H groups in total. The van der Waals surface area contributed by atoms with Gasteiger partial charge in [-0.1, -0.05) is 28.9 Å². The van der Waals surface area contributed by atoms with Crippen LogP contribution in [-0.2, 0) is 0 Å². The average molecular weight is 345 g/mol. The molecular weight excluding hydrogens is 336 g/mol. The number of carbonyl (C=O) groups is 1. The Hall–Kier alpha value is -2.64. The lowest BCUT2D eigenvalue weighted by atomic mass is 10.2. The van der Waals surface area contributed by atoms with Gasteiger partial charge in [-0.05, 0) is 18.2 Å². The second-order valence-electron chi connectivity index (χ2n) is 4.77. The number of halogens is 1. The molecule has 0 fully saturated rings. The molecule has 23 heavy (non-hydrogen) atoms. The molecule has 4 rings (SSSR count). The van der Waals surface area contributed by atoms with Crippen LogP contribution in [0.4, 0.5) is 5.69 Å². The van der Waals surface area contributed by atoms with Gasteiger partial charge in [0, 0.05) is 11.5 Å². The number of aromatic nitrogens is 3. The van der Waals surface area contributed by atoms with Gasteiger partial charge in [0.25, 0.3) is 5.91 Å². The molecule has 0 aliphatic carbocycles. The van der Waals surface area contributed by atoms with E-state index >= 15 is 0 Å². The van der Waals surface area contributed by atoms with E-state index in [1.54, 1.807) is 24.4 Å². The Labute approximate surface area is 139 Å². The molecule has 0 spiro atoms. The molecule has 0 aliphatic rings. The van der Waals surface area contributed by atoms with Gasteiger partial charge in [-0.15, -0.1) is 11.3 Å². The Kier molecular flexibility index (Phi) is 3.36. The Bertz CT molecular complexity index is 1000. The molecule has 4 aromatic rings. The summed E-state index contributed by atoms with van der Waals surface area (Å²) in [6.45, 7) is 0. The zero-order chi connectivity index (χ0) is 15.8. The fourth-order valence-electron chi connectivity index (χ4n) is 2.20. The highest BCUT2D eigenvalue weighted by Gasteiger charge is 2.16.